The number of aliphatic hydroxyl groups excluding tert-OH is 1. The number of hydrogen-bond donors (Lipinski definition) is 3. The summed E-state index contributed by atoms with van der Waals surface area (Å²) in [5.41, 5.74) is -0.0615. The molecule has 3 heterocycles. The Bertz CT molecular complexity index is 1800. The Morgan fingerprint density at radius 1 is 1.14 bits per heavy atom. The lowest BCUT2D eigenvalue weighted by molar-refractivity contribution is -0.385. The second kappa shape index (κ2) is 14.6. The number of fused-ring (bicyclic) bond motifs is 2. The molecule has 0 saturated carbocycles. The zero-order valence-electron chi connectivity index (χ0n) is 29.0. The first-order valence-electron chi connectivity index (χ1n) is 17.4. The maximum Gasteiger partial charge on any atom is 0.269 e. The molecule has 14 heteroatoms. The number of amides is 3. The molecule has 2 fully saturated rings. The summed E-state index contributed by atoms with van der Waals surface area (Å²) in [7, 11) is -3.65. The van der Waals surface area contributed by atoms with Gasteiger partial charge in [-0.05, 0) is 61.8 Å². The second-order valence-electron chi connectivity index (χ2n) is 14.2. The first-order chi connectivity index (χ1) is 24.3. The number of non-ortho nitro benzene ring substituents is 1. The first-order valence-corrected chi connectivity index (χ1v) is 20.3. The largest absolute Gasteiger partial charge is 0.395 e. The van der Waals surface area contributed by atoms with E-state index in [-0.39, 0.29) is 61.8 Å². The highest BCUT2D eigenvalue weighted by Gasteiger charge is 2.67. The zero-order valence-corrected chi connectivity index (χ0v) is 30.0. The molecule has 12 nitrogen and oxygen atoms in total. The van der Waals surface area contributed by atoms with Crippen LogP contribution in [0.3, 0.4) is 0 Å². The van der Waals surface area contributed by atoms with Crippen molar-refractivity contribution < 1.29 is 33.3 Å². The Morgan fingerprint density at radius 2 is 1.88 bits per heavy atom. The number of nitro benzene ring substituents is 1. The molecule has 1 spiro atoms. The third kappa shape index (κ3) is 7.18. The van der Waals surface area contributed by atoms with Crippen molar-refractivity contribution >= 4 is 43.2 Å². The monoisotopic (exact) mass is 717 g/mol. The zero-order chi connectivity index (χ0) is 36.5. The van der Waals surface area contributed by atoms with Crippen molar-refractivity contribution in [2.45, 2.75) is 75.7 Å². The minimum atomic E-state index is -3.65. The van der Waals surface area contributed by atoms with Crippen LogP contribution in [0.4, 0.5) is 21.2 Å². The van der Waals surface area contributed by atoms with E-state index in [4.69, 9.17) is 4.74 Å². The lowest BCUT2D eigenvalue weighted by Gasteiger charge is -2.31. The number of carbonyl (C=O) groups excluding carboxylic acids is 3. The Balaban J connectivity index is 1.33. The van der Waals surface area contributed by atoms with Crippen LogP contribution in [0, 0.1) is 16.0 Å². The first kappa shape index (κ1) is 36.3. The molecule has 3 aromatic rings. The highest BCUT2D eigenvalue weighted by molar-refractivity contribution is 6.72. The van der Waals surface area contributed by atoms with Gasteiger partial charge in [0.25, 0.3) is 11.6 Å². The number of aliphatic hydroxyl groups is 1. The Morgan fingerprint density at radius 3 is 2.55 bits per heavy atom. The minimum Gasteiger partial charge on any atom is -0.395 e. The van der Waals surface area contributed by atoms with Crippen LogP contribution in [0.1, 0.15) is 42.9 Å². The third-order valence-corrected chi connectivity index (χ3v) is 12.8. The molecule has 0 radical (unpaired) electrons. The average molecular weight is 718 g/mol. The molecular formula is C37H44FN5O7Si. The summed E-state index contributed by atoms with van der Waals surface area (Å²) < 4.78 is 23.1. The van der Waals surface area contributed by atoms with Crippen LogP contribution in [0.5, 0.6) is 0 Å². The fraction of sp³-hybridized carbons (Fsp3) is 0.432. The molecular weight excluding hydrogens is 674 g/mol. The smallest absolute Gasteiger partial charge is 0.269 e. The molecule has 2 saturated heterocycles. The van der Waals surface area contributed by atoms with Crippen molar-refractivity contribution in [2.24, 2.45) is 5.92 Å². The van der Waals surface area contributed by atoms with Gasteiger partial charge >= 0.3 is 0 Å². The number of hydrogen-bond acceptors (Lipinski definition) is 8. The summed E-state index contributed by atoms with van der Waals surface area (Å²) in [6.45, 7) is 5.63. The number of nitro groups is 1. The number of carbonyl (C=O) groups is 3. The molecule has 6 rings (SSSR count). The predicted molar refractivity (Wildman–Crippen MR) is 192 cm³/mol. The van der Waals surface area contributed by atoms with Crippen molar-refractivity contribution in [3.05, 3.63) is 99.6 Å². The normalized spacial score (nSPS) is 24.2. The lowest BCUT2D eigenvalue weighted by Crippen LogP contribution is -2.45. The SMILES string of the molecule is C[C@@H]1[C@@H]([Si](C)(C)F)[C@H](CC(=O)N(CCO)Cc2ccccc2)O[C@@]12C(=O)N(Cc1cccc(NC(=O)[C@H]3CCCN3)c1)c1ccc([N+](=O)[O-])cc12. The lowest BCUT2D eigenvalue weighted by atomic mass is 9.82. The molecule has 0 unspecified atom stereocenters. The molecule has 3 aliphatic rings. The van der Waals surface area contributed by atoms with E-state index in [2.05, 4.69) is 10.6 Å². The third-order valence-electron chi connectivity index (χ3n) is 10.4. The van der Waals surface area contributed by atoms with Crippen molar-refractivity contribution in [2.75, 3.05) is 29.9 Å². The molecule has 5 atom stereocenters. The van der Waals surface area contributed by atoms with Crippen molar-refractivity contribution in [3.63, 3.8) is 0 Å². The van der Waals surface area contributed by atoms with E-state index in [1.165, 1.54) is 41.1 Å². The molecule has 0 aliphatic carbocycles. The summed E-state index contributed by atoms with van der Waals surface area (Å²) in [6, 6.07) is 20.3. The molecule has 3 N–H and O–H groups in total. The van der Waals surface area contributed by atoms with Gasteiger partial charge in [-0.25, -0.2) is 0 Å². The minimum absolute atomic E-state index is 0.0545. The van der Waals surface area contributed by atoms with Crippen molar-refractivity contribution in [1.82, 2.24) is 10.2 Å². The van der Waals surface area contributed by atoms with Gasteiger partial charge in [-0.3, -0.25) is 24.5 Å². The van der Waals surface area contributed by atoms with Crippen LogP contribution < -0.4 is 15.5 Å². The van der Waals surface area contributed by atoms with Gasteiger partial charge in [0.2, 0.25) is 20.2 Å². The van der Waals surface area contributed by atoms with Crippen LogP contribution in [0.15, 0.2) is 72.8 Å². The maximum atomic E-state index is 16.4. The van der Waals surface area contributed by atoms with Crippen LogP contribution in [-0.4, -0.2) is 72.9 Å². The number of anilines is 2. The quantitative estimate of drug-likeness (QED) is 0.102. The topological polar surface area (TPSA) is 154 Å². The number of nitrogens with one attached hydrogen (secondary N) is 2. The number of rotatable bonds is 12. The van der Waals surface area contributed by atoms with Crippen LogP contribution in [0.25, 0.3) is 0 Å². The van der Waals surface area contributed by atoms with Gasteiger partial charge in [-0.2, -0.15) is 0 Å². The van der Waals surface area contributed by atoms with Gasteiger partial charge in [0, 0.05) is 47.9 Å². The van der Waals surface area contributed by atoms with Gasteiger partial charge < -0.3 is 34.4 Å². The van der Waals surface area contributed by atoms with E-state index in [0.717, 1.165) is 24.9 Å². The summed E-state index contributed by atoms with van der Waals surface area (Å²) in [4.78, 5) is 55.9. The van der Waals surface area contributed by atoms with Gasteiger partial charge in [-0.15, -0.1) is 0 Å². The highest BCUT2D eigenvalue weighted by Crippen LogP contribution is 2.60. The van der Waals surface area contributed by atoms with Crippen LogP contribution >= 0.6 is 0 Å². The molecule has 3 aliphatic heterocycles. The fourth-order valence-corrected chi connectivity index (χ4v) is 10.6. The van der Waals surface area contributed by atoms with E-state index in [1.807, 2.05) is 36.4 Å². The number of benzene rings is 3. The fourth-order valence-electron chi connectivity index (χ4n) is 8.09. The highest BCUT2D eigenvalue weighted by atomic mass is 28.4. The Hall–Kier alpha value is -4.50. The predicted octanol–water partition coefficient (Wildman–Crippen LogP) is 5.02. The van der Waals surface area contributed by atoms with Gasteiger partial charge in [0.15, 0.2) is 5.60 Å². The molecule has 3 amide bonds. The van der Waals surface area contributed by atoms with E-state index < -0.39 is 42.4 Å². The molecule has 51 heavy (non-hydrogen) atoms. The van der Waals surface area contributed by atoms with Gasteiger partial charge in [0.05, 0.1) is 42.3 Å². The summed E-state index contributed by atoms with van der Waals surface area (Å²) in [5, 5.41) is 27.9. The van der Waals surface area contributed by atoms with Crippen LogP contribution in [0.2, 0.25) is 18.6 Å². The standard InChI is InChI=1S/C37H44FN5O7Si/c1-24-34(51(2,3)38)32(21-33(45)41(17-18-44)22-25-9-5-4-6-10-25)50-37(24)29-20-28(43(48)49)14-15-31(29)42(36(37)47)23-26-11-7-12-27(19-26)40-35(46)30-13-8-16-39-30/h4-7,9-12,14-15,19-20,24,30,32,34,39,44H,8,13,16-18,21-23H2,1-3H3,(H,40,46)/t24-,30-,32+,34-,37+/m1/s1. The maximum absolute atomic E-state index is 16.4. The number of halogens is 1. The van der Waals surface area contributed by atoms with Gasteiger partial charge in [0.1, 0.15) is 0 Å². The average Bonchev–Trinajstić information content (AvgIpc) is 3.79. The van der Waals surface area contributed by atoms with Crippen LogP contribution in [-0.2, 0) is 37.8 Å². The Labute approximate surface area is 297 Å². The van der Waals surface area contributed by atoms with Crippen molar-refractivity contribution in [3.8, 4) is 0 Å². The molecule has 3 aromatic carbocycles. The molecule has 0 aromatic heterocycles. The van der Waals surface area contributed by atoms with Gasteiger partial charge in [-0.1, -0.05) is 49.4 Å². The summed E-state index contributed by atoms with van der Waals surface area (Å²) in [6.07, 6.45) is 0.422. The second-order valence-corrected chi connectivity index (χ2v) is 18.0. The summed E-state index contributed by atoms with van der Waals surface area (Å²) in [5.74, 6) is -1.77. The number of nitrogens with zero attached hydrogens (tertiary/aromatic N) is 3. The van der Waals surface area contributed by atoms with E-state index in [1.54, 1.807) is 25.1 Å². The number of ether oxygens (including phenoxy) is 1. The van der Waals surface area contributed by atoms with Crippen molar-refractivity contribution in [1.29, 1.82) is 0 Å². The summed E-state index contributed by atoms with van der Waals surface area (Å²) >= 11 is 0. The van der Waals surface area contributed by atoms with E-state index in [0.29, 0.717) is 16.9 Å². The van der Waals surface area contributed by atoms with E-state index >= 15 is 4.11 Å². The molecule has 270 valence electrons. The molecule has 0 bridgehead atoms. The Kier molecular flexibility index (Phi) is 10.4. The van der Waals surface area contributed by atoms with E-state index in [9.17, 15) is 29.6 Å².